The fraction of sp³-hybridized carbons (Fsp3) is 0.938. The molecule has 0 unspecified atom stereocenters. The molecule has 4 nitrogen and oxygen atoms in total. The fourth-order valence-electron chi connectivity index (χ4n) is 4.57. The van der Waals surface area contributed by atoms with E-state index in [4.69, 9.17) is 0 Å². The first-order valence-electron chi connectivity index (χ1n) is 15.9. The topological polar surface area (TPSA) is 80.3 Å². The van der Waals surface area contributed by atoms with E-state index >= 15 is 0 Å². The molecule has 0 bridgehead atoms. The summed E-state index contributed by atoms with van der Waals surface area (Å²) in [5.41, 5.74) is 0. The van der Waals surface area contributed by atoms with Gasteiger partial charge >= 0.3 is 17.1 Å². The second-order valence-corrected chi connectivity index (χ2v) is 10.7. The zero-order chi connectivity index (χ0) is 27.0. The predicted molar refractivity (Wildman–Crippen MR) is 151 cm³/mol. The zero-order valence-corrected chi connectivity index (χ0v) is 25.9. The van der Waals surface area contributed by atoms with Crippen molar-refractivity contribution in [1.82, 2.24) is 0 Å². The third kappa shape index (κ3) is 45.7. The predicted octanol–water partition coefficient (Wildman–Crippen LogP) is 8.43. The smallest absolute Gasteiger partial charge is 0.550 e. The number of carbonyl (C=O) groups is 2. The van der Waals surface area contributed by atoms with E-state index in [1.165, 1.54) is 141 Å². The van der Waals surface area contributed by atoms with Crippen molar-refractivity contribution in [2.45, 2.75) is 194 Å². The van der Waals surface area contributed by atoms with Gasteiger partial charge in [-0.15, -0.1) is 0 Å². The van der Waals surface area contributed by atoms with Gasteiger partial charge in [-0.3, -0.25) is 0 Å². The minimum atomic E-state index is -0.905. The molecule has 5 heteroatoms. The molecule has 37 heavy (non-hydrogen) atoms. The molecule has 0 fully saturated rings. The van der Waals surface area contributed by atoms with Gasteiger partial charge in [0, 0.05) is 11.9 Å². The summed E-state index contributed by atoms with van der Waals surface area (Å²) in [5, 5.41) is 20.4. The summed E-state index contributed by atoms with van der Waals surface area (Å²) < 4.78 is 0. The Morgan fingerprint density at radius 3 is 0.676 bits per heavy atom. The Kier molecular flexibility index (Phi) is 41.6. The van der Waals surface area contributed by atoms with Crippen LogP contribution in [-0.2, 0) is 26.7 Å². The molecule has 0 rings (SSSR count). The summed E-state index contributed by atoms with van der Waals surface area (Å²) in [4.78, 5) is 20.4. The number of aliphatic carboxylic acids is 2. The summed E-state index contributed by atoms with van der Waals surface area (Å²) in [7, 11) is 0. The van der Waals surface area contributed by atoms with Gasteiger partial charge in [-0.2, -0.15) is 0 Å². The molecule has 0 saturated heterocycles. The van der Waals surface area contributed by atoms with Gasteiger partial charge in [0.05, 0.1) is 0 Å². The van der Waals surface area contributed by atoms with Gasteiger partial charge in [0.2, 0.25) is 0 Å². The van der Waals surface area contributed by atoms with Gasteiger partial charge < -0.3 is 19.8 Å². The minimum Gasteiger partial charge on any atom is -0.550 e. The number of carboxylic acids is 2. The van der Waals surface area contributed by atoms with Crippen molar-refractivity contribution in [2.75, 3.05) is 0 Å². The molecule has 0 radical (unpaired) electrons. The van der Waals surface area contributed by atoms with Crippen molar-refractivity contribution in [3.63, 3.8) is 0 Å². The van der Waals surface area contributed by atoms with Crippen molar-refractivity contribution in [1.29, 1.82) is 0 Å². The van der Waals surface area contributed by atoms with E-state index in [1.54, 1.807) is 0 Å². The number of unbranched alkanes of at least 4 members (excludes halogenated alkanes) is 24. The van der Waals surface area contributed by atoms with Crippen molar-refractivity contribution in [3.05, 3.63) is 0 Å². The summed E-state index contributed by atoms with van der Waals surface area (Å²) in [6, 6.07) is 0. The van der Waals surface area contributed by atoms with Crippen molar-refractivity contribution >= 4 is 11.9 Å². The van der Waals surface area contributed by atoms with Crippen LogP contribution in [0.3, 0.4) is 0 Å². The molecule has 0 spiro atoms. The normalized spacial score (nSPS) is 10.4. The third-order valence-electron chi connectivity index (χ3n) is 6.97. The molecule has 0 N–H and O–H groups in total. The number of hydrogen-bond acceptors (Lipinski definition) is 4. The van der Waals surface area contributed by atoms with Crippen LogP contribution in [0.1, 0.15) is 194 Å². The van der Waals surface area contributed by atoms with Crippen LogP contribution in [0.4, 0.5) is 0 Å². The van der Waals surface area contributed by atoms with Gasteiger partial charge in [-0.05, 0) is 25.7 Å². The van der Waals surface area contributed by atoms with E-state index in [9.17, 15) is 19.8 Å². The SMILES string of the molecule is CCCCCCCCCCCCCCCC(=O)[O-].CCCCCCCCCCCCCCCC(=O)[O-].[Fe+2]. The molecule has 0 aromatic carbocycles. The molecule has 222 valence electrons. The largest absolute Gasteiger partial charge is 2.00 e. The summed E-state index contributed by atoms with van der Waals surface area (Å²) >= 11 is 0. The molecule has 0 atom stereocenters. The first-order valence-corrected chi connectivity index (χ1v) is 15.9. The maximum absolute atomic E-state index is 10.2. The van der Waals surface area contributed by atoms with Crippen LogP contribution in [-0.4, -0.2) is 11.9 Å². The van der Waals surface area contributed by atoms with Crippen molar-refractivity contribution < 1.29 is 36.9 Å². The van der Waals surface area contributed by atoms with Crippen LogP contribution in [0.15, 0.2) is 0 Å². The first-order chi connectivity index (χ1) is 17.5. The molecule has 0 aliphatic rings. The number of hydrogen-bond donors (Lipinski definition) is 0. The van der Waals surface area contributed by atoms with Gasteiger partial charge in [0.25, 0.3) is 0 Å². The Morgan fingerprint density at radius 2 is 0.514 bits per heavy atom. The molecular weight excluding hydrogens is 504 g/mol. The second-order valence-electron chi connectivity index (χ2n) is 10.7. The van der Waals surface area contributed by atoms with E-state index in [2.05, 4.69) is 13.8 Å². The average Bonchev–Trinajstić information content (AvgIpc) is 2.85. The number of carboxylic acid groups (broad SMARTS) is 2. The van der Waals surface area contributed by atoms with E-state index < -0.39 is 11.9 Å². The van der Waals surface area contributed by atoms with Gasteiger partial charge in [-0.1, -0.05) is 168 Å². The minimum absolute atomic E-state index is 0. The van der Waals surface area contributed by atoms with Crippen LogP contribution in [0, 0.1) is 0 Å². The maximum Gasteiger partial charge on any atom is 2.00 e. The monoisotopic (exact) mass is 566 g/mol. The van der Waals surface area contributed by atoms with E-state index in [0.717, 1.165) is 25.7 Å². The summed E-state index contributed by atoms with van der Waals surface area (Å²) in [6.07, 6.45) is 33.9. The molecule has 0 aliphatic carbocycles. The third-order valence-corrected chi connectivity index (χ3v) is 6.97. The average molecular weight is 567 g/mol. The second kappa shape index (κ2) is 37.6. The molecule has 0 aromatic heterocycles. The molecule has 0 heterocycles. The van der Waals surface area contributed by atoms with E-state index in [1.807, 2.05) is 0 Å². The Bertz CT molecular complexity index is 403. The number of rotatable bonds is 28. The summed E-state index contributed by atoms with van der Waals surface area (Å²) in [6.45, 7) is 4.51. The molecule has 0 saturated carbocycles. The van der Waals surface area contributed by atoms with Crippen LogP contribution >= 0.6 is 0 Å². The quantitative estimate of drug-likeness (QED) is 0.0703. The Balaban J connectivity index is -0.000000608. The zero-order valence-electron chi connectivity index (χ0n) is 24.8. The molecule has 0 amide bonds. The van der Waals surface area contributed by atoms with Crippen molar-refractivity contribution in [3.8, 4) is 0 Å². The van der Waals surface area contributed by atoms with Crippen molar-refractivity contribution in [2.24, 2.45) is 0 Å². The van der Waals surface area contributed by atoms with Crippen LogP contribution in [0.5, 0.6) is 0 Å². The van der Waals surface area contributed by atoms with Crippen LogP contribution in [0.25, 0.3) is 0 Å². The van der Waals surface area contributed by atoms with Gasteiger partial charge in [0.15, 0.2) is 0 Å². The maximum atomic E-state index is 10.2. The van der Waals surface area contributed by atoms with E-state index in [-0.39, 0.29) is 29.9 Å². The number of carbonyl (C=O) groups excluding carboxylic acids is 2. The Labute approximate surface area is 242 Å². The summed E-state index contributed by atoms with van der Waals surface area (Å²) in [5.74, 6) is -1.81. The van der Waals surface area contributed by atoms with E-state index in [0.29, 0.717) is 0 Å². The fourth-order valence-corrected chi connectivity index (χ4v) is 4.57. The Morgan fingerprint density at radius 1 is 0.351 bits per heavy atom. The molecule has 0 aromatic rings. The standard InChI is InChI=1S/2C16H32O2.Fe/c2*1-2-3-4-5-6-7-8-9-10-11-12-13-14-15-16(17)18;/h2*2-15H2,1H3,(H,17,18);/q;;+2/p-2. The molecular formula is C32H62FeO4. The van der Waals surface area contributed by atoms with Gasteiger partial charge in [-0.25, -0.2) is 0 Å². The molecule has 0 aliphatic heterocycles. The first kappa shape index (κ1) is 40.9. The Hall–Kier alpha value is -0.541. The van der Waals surface area contributed by atoms with Gasteiger partial charge in [0.1, 0.15) is 0 Å². The van der Waals surface area contributed by atoms with Crippen LogP contribution < -0.4 is 10.2 Å². The van der Waals surface area contributed by atoms with Crippen LogP contribution in [0.2, 0.25) is 0 Å².